The highest BCUT2D eigenvalue weighted by Crippen LogP contribution is 2.83. The van der Waals surface area contributed by atoms with Gasteiger partial charge < -0.3 is 0 Å². The molecule has 130 valence electrons. The van der Waals surface area contributed by atoms with Crippen LogP contribution in [0.3, 0.4) is 0 Å². The maximum absolute atomic E-state index is 13.6. The third-order valence-electron chi connectivity index (χ3n) is 4.36. The van der Waals surface area contributed by atoms with E-state index in [0.717, 1.165) is 0 Å². The fourth-order valence-corrected chi connectivity index (χ4v) is 2.77. The molecule has 0 saturated heterocycles. The third kappa shape index (κ3) is 0.974. The van der Waals surface area contributed by atoms with Crippen LogP contribution in [0, 0.1) is 5.41 Å². The van der Waals surface area contributed by atoms with Gasteiger partial charge in [0.15, 0.2) is 5.41 Å². The Balaban J connectivity index is 3.11. The van der Waals surface area contributed by atoms with Crippen molar-refractivity contribution in [2.45, 2.75) is 48.1 Å². The number of halogens is 13. The lowest BCUT2D eigenvalue weighted by molar-refractivity contribution is -0.571. The topological polar surface area (TPSA) is 0 Å². The quantitative estimate of drug-likeness (QED) is 0.558. The fourth-order valence-electron chi connectivity index (χ4n) is 2.77. The minimum atomic E-state index is -7.50. The van der Waals surface area contributed by atoms with Crippen LogP contribution in [-0.4, -0.2) is 41.2 Å². The van der Waals surface area contributed by atoms with Crippen LogP contribution in [0.15, 0.2) is 0 Å². The molecule has 13 heteroatoms. The van der Waals surface area contributed by atoms with Crippen molar-refractivity contribution < 1.29 is 57.1 Å². The van der Waals surface area contributed by atoms with Crippen LogP contribution in [0.2, 0.25) is 0 Å². The monoisotopic (exact) mass is 358 g/mol. The highest BCUT2D eigenvalue weighted by molar-refractivity contribution is 5.40. The molecule has 0 aromatic carbocycles. The van der Waals surface area contributed by atoms with Gasteiger partial charge in [-0.25, -0.2) is 4.39 Å². The Morgan fingerprint density at radius 2 is 0.545 bits per heavy atom. The van der Waals surface area contributed by atoms with Gasteiger partial charge in [0.05, 0.1) is 0 Å². The molecule has 0 aromatic rings. The van der Waals surface area contributed by atoms with Crippen molar-refractivity contribution in [1.29, 1.82) is 0 Å². The normalized spacial score (nSPS) is 45.5. The number of fused-ring (bicyclic) bond motifs is 3. The molecule has 3 saturated carbocycles. The van der Waals surface area contributed by atoms with Crippen LogP contribution in [0.25, 0.3) is 0 Å². The van der Waals surface area contributed by atoms with Gasteiger partial charge in [-0.15, -0.1) is 0 Å². The summed E-state index contributed by atoms with van der Waals surface area (Å²) in [5.41, 5.74) is -13.7. The highest BCUT2D eigenvalue weighted by atomic mass is 19.4. The van der Waals surface area contributed by atoms with Crippen LogP contribution in [0.5, 0.6) is 0 Å². The molecule has 0 aliphatic heterocycles. The van der Waals surface area contributed by atoms with E-state index < -0.39 is 53.5 Å². The van der Waals surface area contributed by atoms with E-state index in [2.05, 4.69) is 0 Å². The Kier molecular flexibility index (Phi) is 2.62. The third-order valence-corrected chi connectivity index (χ3v) is 4.36. The number of hydrogen-bond acceptors (Lipinski definition) is 0. The van der Waals surface area contributed by atoms with E-state index in [4.69, 9.17) is 0 Å². The molecule has 0 heterocycles. The molecule has 3 aliphatic carbocycles. The molecule has 3 rings (SSSR count). The Bertz CT molecular complexity index is 410. The first kappa shape index (κ1) is 17.4. The summed E-state index contributed by atoms with van der Waals surface area (Å²) in [6.45, 7) is -1.25. The second-order valence-corrected chi connectivity index (χ2v) is 5.23. The Labute approximate surface area is 112 Å². The Morgan fingerprint density at radius 3 is 0.727 bits per heavy atom. The first-order valence-electron chi connectivity index (χ1n) is 5.21. The summed E-state index contributed by atoms with van der Waals surface area (Å²) in [6.07, 6.45) is 0. The maximum Gasteiger partial charge on any atom is 0.357 e. The average Bonchev–Trinajstić information content (AvgIpc) is 2.32. The van der Waals surface area contributed by atoms with E-state index >= 15 is 0 Å². The van der Waals surface area contributed by atoms with E-state index in [-0.39, 0.29) is 0 Å². The van der Waals surface area contributed by atoms with Gasteiger partial charge in [0, 0.05) is 0 Å². The standard InChI is InChI=1S/C9H3F13/c1-2-4(11,12)7(17,18)3(10,8(19,20)5(2,13)14)9(21,22)6(2,15)16/h1H3. The molecule has 0 radical (unpaired) electrons. The van der Waals surface area contributed by atoms with Gasteiger partial charge in [0.2, 0.25) is 0 Å². The lowest BCUT2D eigenvalue weighted by Gasteiger charge is -2.66. The average molecular weight is 358 g/mol. The molecular formula is C9H3F13. The van der Waals surface area contributed by atoms with Crippen molar-refractivity contribution in [2.75, 3.05) is 0 Å². The smallest absolute Gasteiger partial charge is 0.223 e. The molecule has 0 N–H and O–H groups in total. The molecule has 0 atom stereocenters. The van der Waals surface area contributed by atoms with E-state index in [1.54, 1.807) is 0 Å². The summed E-state index contributed by atoms with van der Waals surface area (Å²) in [6, 6.07) is 0. The summed E-state index contributed by atoms with van der Waals surface area (Å²) in [5, 5.41) is 0. The summed E-state index contributed by atoms with van der Waals surface area (Å²) in [5.74, 6) is -42.3. The van der Waals surface area contributed by atoms with Crippen LogP contribution in [0.1, 0.15) is 6.92 Å². The first-order valence-corrected chi connectivity index (χ1v) is 5.21. The number of rotatable bonds is 0. The van der Waals surface area contributed by atoms with Crippen LogP contribution >= 0.6 is 0 Å². The second-order valence-electron chi connectivity index (χ2n) is 5.23. The summed E-state index contributed by atoms with van der Waals surface area (Å²) in [4.78, 5) is 0. The van der Waals surface area contributed by atoms with Crippen molar-refractivity contribution in [3.05, 3.63) is 0 Å². The highest BCUT2D eigenvalue weighted by Gasteiger charge is 3.13. The van der Waals surface area contributed by atoms with Gasteiger partial charge >= 0.3 is 41.2 Å². The van der Waals surface area contributed by atoms with Crippen molar-refractivity contribution in [3.63, 3.8) is 0 Å². The first-order chi connectivity index (χ1) is 9.25. The van der Waals surface area contributed by atoms with Gasteiger partial charge in [-0.3, -0.25) is 0 Å². The SMILES string of the molecule is CC12C(F)(F)C(F)(F)C(F)(C(F)(F)C1(F)F)C(F)(F)C2(F)F. The maximum atomic E-state index is 13.6. The van der Waals surface area contributed by atoms with Crippen molar-refractivity contribution >= 4 is 0 Å². The van der Waals surface area contributed by atoms with Gasteiger partial charge in [-0.1, -0.05) is 0 Å². The van der Waals surface area contributed by atoms with Crippen molar-refractivity contribution in [1.82, 2.24) is 0 Å². The molecule has 3 aliphatic rings. The molecule has 0 spiro atoms. The molecule has 2 bridgehead atoms. The Hall–Kier alpha value is -0.910. The zero-order chi connectivity index (χ0) is 18.0. The lowest BCUT2D eigenvalue weighted by Crippen LogP contribution is -2.97. The second kappa shape index (κ2) is 3.30. The Morgan fingerprint density at radius 1 is 0.364 bits per heavy atom. The molecule has 0 aromatic heterocycles. The minimum Gasteiger partial charge on any atom is -0.223 e. The van der Waals surface area contributed by atoms with Gasteiger partial charge in [-0.05, 0) is 6.92 Å². The van der Waals surface area contributed by atoms with E-state index in [9.17, 15) is 57.1 Å². The zero-order valence-electron chi connectivity index (χ0n) is 9.91. The van der Waals surface area contributed by atoms with Gasteiger partial charge in [0.1, 0.15) is 0 Å². The summed E-state index contributed by atoms with van der Waals surface area (Å²) >= 11 is 0. The largest absolute Gasteiger partial charge is 0.357 e. The number of alkyl halides is 13. The lowest BCUT2D eigenvalue weighted by atomic mass is 9.48. The number of hydrogen-bond donors (Lipinski definition) is 0. The van der Waals surface area contributed by atoms with Gasteiger partial charge in [0.25, 0.3) is 0 Å². The van der Waals surface area contributed by atoms with E-state index in [0.29, 0.717) is 0 Å². The van der Waals surface area contributed by atoms with Crippen LogP contribution < -0.4 is 0 Å². The van der Waals surface area contributed by atoms with Crippen molar-refractivity contribution in [2.24, 2.45) is 5.41 Å². The van der Waals surface area contributed by atoms with E-state index in [1.165, 1.54) is 0 Å². The molecule has 0 unspecified atom stereocenters. The minimum absolute atomic E-state index is 1.25. The fraction of sp³-hybridized carbons (Fsp3) is 1.00. The molecule has 22 heavy (non-hydrogen) atoms. The molecule has 0 nitrogen and oxygen atoms in total. The summed E-state index contributed by atoms with van der Waals surface area (Å²) in [7, 11) is 0. The zero-order valence-corrected chi connectivity index (χ0v) is 9.91. The van der Waals surface area contributed by atoms with Gasteiger partial charge in [-0.2, -0.15) is 52.7 Å². The summed E-state index contributed by atoms with van der Waals surface area (Å²) < 4.78 is 173. The predicted octanol–water partition coefficient (Wildman–Crippen LogP) is 4.54. The van der Waals surface area contributed by atoms with Crippen LogP contribution in [-0.2, 0) is 0 Å². The predicted molar refractivity (Wildman–Crippen MR) is 41.6 cm³/mol. The van der Waals surface area contributed by atoms with Crippen LogP contribution in [0.4, 0.5) is 57.1 Å². The molecule has 3 fully saturated rings. The van der Waals surface area contributed by atoms with Crippen molar-refractivity contribution in [3.8, 4) is 0 Å². The van der Waals surface area contributed by atoms with E-state index in [1.807, 2.05) is 0 Å². The molecular weight excluding hydrogens is 355 g/mol. The molecule has 0 amide bonds.